The lowest BCUT2D eigenvalue weighted by molar-refractivity contribution is 0.178. The molecule has 0 atom stereocenters. The zero-order valence-corrected chi connectivity index (χ0v) is 18.6. The number of hydrogen-bond donors (Lipinski definition) is 1. The van der Waals surface area contributed by atoms with Gasteiger partial charge in [-0.2, -0.15) is 0 Å². The van der Waals surface area contributed by atoms with Crippen LogP contribution in [0.1, 0.15) is 24.1 Å². The number of halogens is 2. The van der Waals surface area contributed by atoms with E-state index in [1.165, 1.54) is 5.56 Å². The largest absolute Gasteiger partial charge is 0.347 e. The van der Waals surface area contributed by atoms with Crippen LogP contribution in [0.25, 0.3) is 0 Å². The van der Waals surface area contributed by atoms with Gasteiger partial charge in [-0.05, 0) is 63.2 Å². The van der Waals surface area contributed by atoms with E-state index in [2.05, 4.69) is 27.2 Å². The summed E-state index contributed by atoms with van der Waals surface area (Å²) in [5.74, 6) is 1.72. The van der Waals surface area contributed by atoms with E-state index in [1.807, 2.05) is 37.2 Å². The third kappa shape index (κ3) is 4.20. The number of benzene rings is 1. The van der Waals surface area contributed by atoms with E-state index >= 15 is 0 Å². The first kappa shape index (κ1) is 20.4. The summed E-state index contributed by atoms with van der Waals surface area (Å²) in [6.45, 7) is 2.62. The van der Waals surface area contributed by atoms with Crippen molar-refractivity contribution in [3.05, 3.63) is 45.7 Å². The molecular weight excluding hydrogens is 407 g/mol. The predicted octanol–water partition coefficient (Wildman–Crippen LogP) is 4.13. The minimum Gasteiger partial charge on any atom is -0.347 e. The van der Waals surface area contributed by atoms with Gasteiger partial charge in [-0.3, -0.25) is 4.99 Å². The lowest BCUT2D eigenvalue weighted by Crippen LogP contribution is -2.49. The van der Waals surface area contributed by atoms with E-state index in [0.717, 1.165) is 49.6 Å². The lowest BCUT2D eigenvalue weighted by atomic mass is 9.70. The molecule has 29 heavy (non-hydrogen) atoms. The molecule has 6 nitrogen and oxygen atoms in total. The molecule has 1 aromatic heterocycles. The highest BCUT2D eigenvalue weighted by molar-refractivity contribution is 6.42. The van der Waals surface area contributed by atoms with Crippen LogP contribution >= 0.6 is 23.2 Å². The number of fused-ring (bicyclic) bond motifs is 1. The standard InChI is InChI=1S/C21H26Cl2N6/c1-28(2)20-24-7-4-15(26-20)13-25-19-21(5-8-29(3)9-6-21)12-14-10-16(22)17(23)11-18(14)27-19/h4,7,10-11H,5-6,8-9,12-13H2,1-3H3,(H,25,27). The van der Waals surface area contributed by atoms with Crippen molar-refractivity contribution >= 4 is 40.7 Å². The molecule has 1 N–H and O–H groups in total. The van der Waals surface area contributed by atoms with Crippen molar-refractivity contribution in [1.82, 2.24) is 14.9 Å². The SMILES string of the molecule is CN1CCC2(CC1)Cc1cc(Cl)c(Cl)cc1NC2=NCc1ccnc(N(C)C)n1. The highest BCUT2D eigenvalue weighted by atomic mass is 35.5. The van der Waals surface area contributed by atoms with Gasteiger partial charge in [0.1, 0.15) is 5.84 Å². The van der Waals surface area contributed by atoms with Crippen molar-refractivity contribution in [2.45, 2.75) is 25.8 Å². The average Bonchev–Trinajstić information content (AvgIpc) is 2.70. The van der Waals surface area contributed by atoms with Crippen molar-refractivity contribution in [2.24, 2.45) is 10.4 Å². The lowest BCUT2D eigenvalue weighted by Gasteiger charge is -2.45. The number of aliphatic imine (C=N–C) groups is 1. The maximum Gasteiger partial charge on any atom is 0.225 e. The fraction of sp³-hybridized carbons (Fsp3) is 0.476. The van der Waals surface area contributed by atoms with Crippen LogP contribution in [0, 0.1) is 5.41 Å². The summed E-state index contributed by atoms with van der Waals surface area (Å²) in [4.78, 5) is 18.2. The van der Waals surface area contributed by atoms with Gasteiger partial charge in [0.05, 0.1) is 22.3 Å². The van der Waals surface area contributed by atoms with E-state index in [9.17, 15) is 0 Å². The molecular formula is C21H26Cl2N6. The Morgan fingerprint density at radius 2 is 1.93 bits per heavy atom. The highest BCUT2D eigenvalue weighted by Gasteiger charge is 2.42. The maximum atomic E-state index is 6.30. The molecule has 0 amide bonds. The van der Waals surface area contributed by atoms with E-state index in [-0.39, 0.29) is 5.41 Å². The Morgan fingerprint density at radius 3 is 2.66 bits per heavy atom. The van der Waals surface area contributed by atoms with Crippen LogP contribution in [-0.4, -0.2) is 54.9 Å². The second-order valence-corrected chi connectivity index (χ2v) is 9.03. The summed E-state index contributed by atoms with van der Waals surface area (Å²) in [6.07, 6.45) is 4.82. The average molecular weight is 433 g/mol. The third-order valence-electron chi connectivity index (χ3n) is 5.87. The smallest absolute Gasteiger partial charge is 0.225 e. The Balaban J connectivity index is 1.67. The van der Waals surface area contributed by atoms with Gasteiger partial charge in [0, 0.05) is 31.4 Å². The summed E-state index contributed by atoms with van der Waals surface area (Å²) in [5.41, 5.74) is 3.11. The van der Waals surface area contributed by atoms with Gasteiger partial charge in [-0.15, -0.1) is 0 Å². The van der Waals surface area contributed by atoms with Crippen LogP contribution in [-0.2, 0) is 13.0 Å². The monoisotopic (exact) mass is 432 g/mol. The number of aromatic nitrogens is 2. The van der Waals surface area contributed by atoms with Crippen LogP contribution in [0.4, 0.5) is 11.6 Å². The van der Waals surface area contributed by atoms with Crippen molar-refractivity contribution < 1.29 is 0 Å². The zero-order valence-electron chi connectivity index (χ0n) is 17.0. The van der Waals surface area contributed by atoms with Crippen LogP contribution in [0.5, 0.6) is 0 Å². The van der Waals surface area contributed by atoms with Crippen LogP contribution in [0.15, 0.2) is 29.4 Å². The van der Waals surface area contributed by atoms with Crippen molar-refractivity contribution in [2.75, 3.05) is 44.4 Å². The van der Waals surface area contributed by atoms with E-state index in [4.69, 9.17) is 28.2 Å². The predicted molar refractivity (Wildman–Crippen MR) is 120 cm³/mol. The second-order valence-electron chi connectivity index (χ2n) is 8.22. The Kier molecular flexibility index (Phi) is 5.69. The molecule has 0 bridgehead atoms. The van der Waals surface area contributed by atoms with Gasteiger partial charge in [0.25, 0.3) is 0 Å². The molecule has 0 saturated carbocycles. The Bertz CT molecular complexity index is 935. The summed E-state index contributed by atoms with van der Waals surface area (Å²) in [6, 6.07) is 5.83. The molecule has 1 aromatic carbocycles. The first-order valence-corrected chi connectivity index (χ1v) is 10.6. The van der Waals surface area contributed by atoms with Gasteiger partial charge in [0.2, 0.25) is 5.95 Å². The Morgan fingerprint density at radius 1 is 1.21 bits per heavy atom. The van der Waals surface area contributed by atoms with Crippen molar-refractivity contribution in [1.29, 1.82) is 0 Å². The quantitative estimate of drug-likeness (QED) is 0.789. The number of nitrogens with zero attached hydrogens (tertiary/aromatic N) is 5. The number of likely N-dealkylation sites (tertiary alicyclic amines) is 1. The Hall–Kier alpha value is -1.89. The summed E-state index contributed by atoms with van der Waals surface area (Å²) >= 11 is 12.6. The number of piperidine rings is 1. The molecule has 0 radical (unpaired) electrons. The zero-order chi connectivity index (χ0) is 20.6. The van der Waals surface area contributed by atoms with E-state index < -0.39 is 0 Å². The summed E-state index contributed by atoms with van der Waals surface area (Å²) < 4.78 is 0. The molecule has 1 fully saturated rings. The van der Waals surface area contributed by atoms with Gasteiger partial charge in [-0.1, -0.05) is 23.2 Å². The number of rotatable bonds is 3. The molecule has 1 spiro atoms. The van der Waals surface area contributed by atoms with Crippen LogP contribution in [0.2, 0.25) is 10.0 Å². The molecule has 2 aromatic rings. The number of hydrogen-bond acceptors (Lipinski definition) is 5. The molecule has 3 heterocycles. The maximum absolute atomic E-state index is 6.30. The van der Waals surface area contributed by atoms with E-state index in [0.29, 0.717) is 22.5 Å². The first-order chi connectivity index (χ1) is 13.9. The normalized spacial score (nSPS) is 19.8. The van der Waals surface area contributed by atoms with Crippen LogP contribution < -0.4 is 10.2 Å². The van der Waals surface area contributed by atoms with Crippen molar-refractivity contribution in [3.8, 4) is 0 Å². The molecule has 2 aliphatic heterocycles. The number of nitrogens with one attached hydrogen (secondary N) is 1. The van der Waals surface area contributed by atoms with Crippen LogP contribution in [0.3, 0.4) is 0 Å². The molecule has 4 rings (SSSR count). The molecule has 1 saturated heterocycles. The summed E-state index contributed by atoms with van der Waals surface area (Å²) in [5, 5.41) is 4.75. The van der Waals surface area contributed by atoms with Gasteiger partial charge in [-0.25, -0.2) is 9.97 Å². The third-order valence-corrected chi connectivity index (χ3v) is 6.60. The molecule has 154 valence electrons. The van der Waals surface area contributed by atoms with Gasteiger partial charge in [0.15, 0.2) is 0 Å². The van der Waals surface area contributed by atoms with Gasteiger partial charge >= 0.3 is 0 Å². The molecule has 2 aliphatic rings. The van der Waals surface area contributed by atoms with Gasteiger partial charge < -0.3 is 15.1 Å². The molecule has 0 aliphatic carbocycles. The van der Waals surface area contributed by atoms with E-state index in [1.54, 1.807) is 6.20 Å². The minimum atomic E-state index is -0.00588. The topological polar surface area (TPSA) is 56.6 Å². The molecule has 0 unspecified atom stereocenters. The fourth-order valence-corrected chi connectivity index (χ4v) is 4.42. The molecule has 8 heteroatoms. The Labute approximate surface area is 182 Å². The first-order valence-electron chi connectivity index (χ1n) is 9.84. The fourth-order valence-electron chi connectivity index (χ4n) is 4.07. The number of anilines is 2. The summed E-state index contributed by atoms with van der Waals surface area (Å²) in [7, 11) is 6.05. The van der Waals surface area contributed by atoms with Crippen molar-refractivity contribution in [3.63, 3.8) is 0 Å². The minimum absolute atomic E-state index is 0.00588. The number of amidine groups is 1. The second kappa shape index (κ2) is 8.09. The highest BCUT2D eigenvalue weighted by Crippen LogP contribution is 2.44.